The van der Waals surface area contributed by atoms with Crippen LogP contribution >= 0.6 is 0 Å². The minimum Gasteiger partial charge on any atom is -0.278 e. The third kappa shape index (κ3) is 4.51. The lowest BCUT2D eigenvalue weighted by Crippen LogP contribution is -2.43. The largest absolute Gasteiger partial charge is 0.278 e. The van der Waals surface area contributed by atoms with Crippen LogP contribution in [0.25, 0.3) is 99.5 Å². The van der Waals surface area contributed by atoms with Gasteiger partial charge in [0.1, 0.15) is 5.65 Å². The van der Waals surface area contributed by atoms with Crippen molar-refractivity contribution in [2.45, 2.75) is 10.8 Å². The van der Waals surface area contributed by atoms with Gasteiger partial charge in [0.15, 0.2) is 0 Å². The summed E-state index contributed by atoms with van der Waals surface area (Å²) in [6, 6.07) is 90.6. The van der Waals surface area contributed by atoms with E-state index in [1.165, 1.54) is 99.4 Å². The zero-order valence-corrected chi connectivity index (χ0v) is 38.9. The molecule has 0 unspecified atom stereocenters. The summed E-state index contributed by atoms with van der Waals surface area (Å²) in [4.78, 5) is 10.8. The highest BCUT2D eigenvalue weighted by Crippen LogP contribution is 2.67. The quantitative estimate of drug-likeness (QED) is 0.173. The van der Waals surface area contributed by atoms with E-state index in [4.69, 9.17) is 9.97 Å². The molecule has 3 heterocycles. The van der Waals surface area contributed by atoms with Crippen molar-refractivity contribution in [3.63, 3.8) is 0 Å². The van der Waals surface area contributed by atoms with Crippen LogP contribution in [0.15, 0.2) is 243 Å². The number of para-hydroxylation sites is 4. The Labute approximate surface area is 414 Å². The first kappa shape index (κ1) is 38.5. The highest BCUT2D eigenvalue weighted by Gasteiger charge is 2.58. The molecule has 0 radical (unpaired) electrons. The number of imidazole rings is 1. The lowest BCUT2D eigenvalue weighted by molar-refractivity contribution is 0.633. The van der Waals surface area contributed by atoms with Gasteiger partial charge < -0.3 is 0 Å². The van der Waals surface area contributed by atoms with Gasteiger partial charge >= 0.3 is 0 Å². The molecule has 0 bridgehead atoms. The Morgan fingerprint density at radius 2 is 0.750 bits per heavy atom. The van der Waals surface area contributed by atoms with Crippen LogP contribution in [0.2, 0.25) is 0 Å². The number of fused-ring (bicyclic) bond motifs is 26. The first-order valence-electron chi connectivity index (χ1n) is 25.0. The van der Waals surface area contributed by atoms with Gasteiger partial charge in [-0.1, -0.05) is 200 Å². The van der Waals surface area contributed by atoms with Gasteiger partial charge in [0.25, 0.3) is 0 Å². The van der Waals surface area contributed by atoms with E-state index in [1.807, 2.05) is 0 Å². The third-order valence-corrected chi connectivity index (χ3v) is 16.8. The van der Waals surface area contributed by atoms with Crippen LogP contribution in [-0.2, 0) is 10.8 Å². The van der Waals surface area contributed by atoms with Crippen molar-refractivity contribution >= 4 is 60.2 Å². The zero-order valence-electron chi connectivity index (χ0n) is 38.9. The van der Waals surface area contributed by atoms with Crippen molar-refractivity contribution in [1.82, 2.24) is 18.9 Å². The van der Waals surface area contributed by atoms with Gasteiger partial charge in [0.2, 0.25) is 5.95 Å². The summed E-state index contributed by atoms with van der Waals surface area (Å²) in [5.74, 6) is 0.818. The highest BCUT2D eigenvalue weighted by molar-refractivity contribution is 6.22. The van der Waals surface area contributed by atoms with Crippen LogP contribution in [-0.4, -0.2) is 18.9 Å². The van der Waals surface area contributed by atoms with Crippen LogP contribution in [0.5, 0.6) is 0 Å². The van der Waals surface area contributed by atoms with Crippen molar-refractivity contribution in [3.8, 4) is 39.3 Å². The normalized spacial score (nSPS) is 14.3. The summed E-state index contributed by atoms with van der Waals surface area (Å²) in [7, 11) is 0. The van der Waals surface area contributed by atoms with E-state index < -0.39 is 10.8 Å². The second-order valence-electron chi connectivity index (χ2n) is 19.9. The Bertz CT molecular complexity index is 4630. The van der Waals surface area contributed by atoms with Gasteiger partial charge in [-0.05, 0) is 126 Å². The number of nitrogens with zero attached hydrogens (tertiary/aromatic N) is 4. The molecule has 4 nitrogen and oxygen atoms in total. The van der Waals surface area contributed by atoms with E-state index >= 15 is 0 Å². The second kappa shape index (κ2) is 13.7. The van der Waals surface area contributed by atoms with E-state index in [9.17, 15) is 0 Å². The fraction of sp³-hybridized carbons (Fsp3) is 0.0294. The van der Waals surface area contributed by atoms with Gasteiger partial charge in [-0.3, -0.25) is 8.97 Å². The maximum absolute atomic E-state index is 5.54. The SMILES string of the molecule is c1ccc2c(c1)-c1ccccc1C21c2ccccc2C2(c3ccccc3-c3ccc(-c4cc5c6ccccc6n(-c6nc7ccccc7c7nc8ccccc8n67)c5c5ccccc45)cc32)c2ccccc21. The van der Waals surface area contributed by atoms with Crippen molar-refractivity contribution in [2.75, 3.05) is 0 Å². The van der Waals surface area contributed by atoms with Crippen molar-refractivity contribution in [3.05, 3.63) is 287 Å². The van der Waals surface area contributed by atoms with Gasteiger partial charge in [-0.2, -0.15) is 0 Å². The molecule has 4 heteroatoms. The predicted octanol–water partition coefficient (Wildman–Crippen LogP) is 16.0. The third-order valence-electron chi connectivity index (χ3n) is 16.8. The first-order valence-corrected chi connectivity index (χ1v) is 25.0. The van der Waals surface area contributed by atoms with Crippen LogP contribution < -0.4 is 0 Å². The molecule has 0 saturated heterocycles. The molecule has 0 atom stereocenters. The Hall–Kier alpha value is -9.38. The van der Waals surface area contributed by atoms with Crippen LogP contribution in [0, 0.1) is 0 Å². The smallest absolute Gasteiger partial charge is 0.221 e. The van der Waals surface area contributed by atoms with Crippen LogP contribution in [0.4, 0.5) is 0 Å². The topological polar surface area (TPSA) is 35.1 Å². The van der Waals surface area contributed by atoms with E-state index in [2.05, 4.69) is 252 Å². The highest BCUT2D eigenvalue weighted by atomic mass is 15.2. The predicted molar refractivity (Wildman–Crippen MR) is 293 cm³/mol. The van der Waals surface area contributed by atoms with Crippen LogP contribution in [0.3, 0.4) is 0 Å². The average Bonchev–Trinajstić information content (AvgIpc) is 4.18. The summed E-state index contributed by atoms with van der Waals surface area (Å²) in [6.45, 7) is 0. The van der Waals surface area contributed by atoms with E-state index in [1.54, 1.807) is 0 Å². The van der Waals surface area contributed by atoms with E-state index in [0.717, 1.165) is 44.6 Å². The fourth-order valence-corrected chi connectivity index (χ4v) is 14.2. The molecule has 3 aliphatic carbocycles. The molecule has 0 aliphatic heterocycles. The molecule has 0 amide bonds. The number of hydrogen-bond acceptors (Lipinski definition) is 2. The number of aromatic nitrogens is 4. The zero-order chi connectivity index (χ0) is 46.9. The molecule has 2 spiro atoms. The standard InChI is InChI=1S/C68H40N4/c1-2-24-48-42(19-1)50(40-51-47-23-7-17-35-62(47)71(64(48)51)66-70-60-33-15-6-25-49(60)65-69-61-34-16-18-36-63(61)72(65)66)41-37-38-46-45-22-5-10-28-54(45)68(59(46)39-41)57-31-13-11-29-55(57)67(56-30-12-14-32-58(56)68)52-26-8-3-20-43(52)44-21-4-9-27-53(44)67/h1-40H. The number of rotatable bonds is 2. The summed E-state index contributed by atoms with van der Waals surface area (Å²) in [6.07, 6.45) is 0. The summed E-state index contributed by atoms with van der Waals surface area (Å²) in [5, 5.41) is 5.74. The maximum Gasteiger partial charge on any atom is 0.221 e. The fourth-order valence-electron chi connectivity index (χ4n) is 14.2. The summed E-state index contributed by atoms with van der Waals surface area (Å²) in [5.41, 5.74) is 23.2. The molecule has 72 heavy (non-hydrogen) atoms. The van der Waals surface area contributed by atoms with Crippen molar-refractivity contribution in [2.24, 2.45) is 0 Å². The molecule has 332 valence electrons. The molecule has 0 N–H and O–H groups in total. The maximum atomic E-state index is 5.54. The molecule has 0 saturated carbocycles. The Morgan fingerprint density at radius 1 is 0.292 bits per heavy atom. The lowest BCUT2D eigenvalue weighted by atomic mass is 9.52. The first-order chi connectivity index (χ1) is 35.7. The van der Waals surface area contributed by atoms with Gasteiger partial charge in [-0.25, -0.2) is 9.97 Å². The van der Waals surface area contributed by atoms with Crippen LogP contribution in [0.1, 0.15) is 44.5 Å². The van der Waals surface area contributed by atoms with Crippen molar-refractivity contribution in [1.29, 1.82) is 0 Å². The Morgan fingerprint density at radius 3 is 1.38 bits per heavy atom. The summed E-state index contributed by atoms with van der Waals surface area (Å²) >= 11 is 0. The van der Waals surface area contributed by atoms with Gasteiger partial charge in [-0.15, -0.1) is 0 Å². The Balaban J connectivity index is 0.965. The van der Waals surface area contributed by atoms with Gasteiger partial charge in [0.05, 0.1) is 38.4 Å². The number of benzene rings is 11. The Kier molecular flexibility index (Phi) is 7.31. The van der Waals surface area contributed by atoms with Crippen molar-refractivity contribution < 1.29 is 0 Å². The monoisotopic (exact) mass is 912 g/mol. The molecule has 14 aromatic rings. The molecule has 3 aromatic heterocycles. The van der Waals surface area contributed by atoms with Gasteiger partial charge in [0, 0.05) is 21.5 Å². The minimum absolute atomic E-state index is 0.495. The number of hydrogen-bond donors (Lipinski definition) is 0. The van der Waals surface area contributed by atoms with E-state index in [0.29, 0.717) is 0 Å². The molecule has 3 aliphatic rings. The van der Waals surface area contributed by atoms with E-state index in [-0.39, 0.29) is 0 Å². The average molecular weight is 913 g/mol. The molecule has 17 rings (SSSR count). The summed E-state index contributed by atoms with van der Waals surface area (Å²) < 4.78 is 4.65. The molecule has 11 aromatic carbocycles. The lowest BCUT2D eigenvalue weighted by Gasteiger charge is -2.48. The minimum atomic E-state index is -0.594. The molecular weight excluding hydrogens is 873 g/mol. The second-order valence-corrected chi connectivity index (χ2v) is 19.9. The molecular formula is C68H40N4. The molecule has 0 fully saturated rings.